The Bertz CT molecular complexity index is 1360. The lowest BCUT2D eigenvalue weighted by Crippen LogP contribution is -2.37. The standard InChI is InChI=1S/C25H28F3N5O2/c1-13-10-25(4,11-33(13)15(3)34)19-9-18-22(29-12-30-23(18)32(5)24(19)35)31-14(2)16-7-6-8-17(20(16)26)21(27)28/h6-9,12-14,21H,10-11H2,1-5H3,(H,29,30,31)/t13-,14+,25?/m0/s1. The Morgan fingerprint density at radius 3 is 2.57 bits per heavy atom. The molecular formula is C25H28F3N5O2. The number of anilines is 1. The number of hydrogen-bond acceptors (Lipinski definition) is 5. The Kier molecular flexibility index (Phi) is 6.33. The second-order valence-corrected chi connectivity index (χ2v) is 9.56. The maximum absolute atomic E-state index is 14.7. The number of nitrogens with zero attached hydrogens (tertiary/aromatic N) is 4. The van der Waals surface area contributed by atoms with Gasteiger partial charge < -0.3 is 10.2 Å². The lowest BCUT2D eigenvalue weighted by Gasteiger charge is -2.25. The highest BCUT2D eigenvalue weighted by Crippen LogP contribution is 2.38. The zero-order valence-corrected chi connectivity index (χ0v) is 20.3. The maximum atomic E-state index is 14.7. The van der Waals surface area contributed by atoms with E-state index in [1.807, 2.05) is 13.8 Å². The molecule has 1 unspecified atom stereocenters. The van der Waals surface area contributed by atoms with Crippen LogP contribution in [0.2, 0.25) is 0 Å². The fraction of sp³-hybridized carbons (Fsp3) is 0.440. The van der Waals surface area contributed by atoms with Gasteiger partial charge in [0.2, 0.25) is 5.91 Å². The van der Waals surface area contributed by atoms with Gasteiger partial charge in [0.05, 0.1) is 17.0 Å². The summed E-state index contributed by atoms with van der Waals surface area (Å²) in [5.74, 6) is -0.670. The molecule has 0 saturated carbocycles. The third-order valence-electron chi connectivity index (χ3n) is 6.97. The number of rotatable bonds is 5. The van der Waals surface area contributed by atoms with Gasteiger partial charge in [-0.25, -0.2) is 23.1 Å². The largest absolute Gasteiger partial charge is 0.363 e. The Balaban J connectivity index is 1.79. The molecule has 0 radical (unpaired) electrons. The van der Waals surface area contributed by atoms with E-state index in [1.165, 1.54) is 30.0 Å². The first kappa shape index (κ1) is 24.7. The number of hydrogen-bond donors (Lipinski definition) is 1. The second kappa shape index (κ2) is 8.98. The zero-order valence-electron chi connectivity index (χ0n) is 20.3. The molecule has 35 heavy (non-hydrogen) atoms. The van der Waals surface area contributed by atoms with Crippen LogP contribution in [0, 0.1) is 5.82 Å². The highest BCUT2D eigenvalue weighted by atomic mass is 19.3. The lowest BCUT2D eigenvalue weighted by atomic mass is 9.81. The summed E-state index contributed by atoms with van der Waals surface area (Å²) in [6.45, 7) is 7.48. The van der Waals surface area contributed by atoms with Crippen molar-refractivity contribution in [3.8, 4) is 0 Å². The average Bonchev–Trinajstić information content (AvgIpc) is 3.11. The second-order valence-electron chi connectivity index (χ2n) is 9.56. The maximum Gasteiger partial charge on any atom is 0.266 e. The van der Waals surface area contributed by atoms with Crippen LogP contribution in [0.1, 0.15) is 63.3 Å². The van der Waals surface area contributed by atoms with Crippen LogP contribution >= 0.6 is 0 Å². The fourth-order valence-corrected chi connectivity index (χ4v) is 5.15. The molecular weight excluding hydrogens is 459 g/mol. The van der Waals surface area contributed by atoms with Gasteiger partial charge in [-0.05, 0) is 26.3 Å². The number of benzene rings is 1. The van der Waals surface area contributed by atoms with Crippen LogP contribution in [0.5, 0.6) is 0 Å². The summed E-state index contributed by atoms with van der Waals surface area (Å²) in [4.78, 5) is 35.7. The van der Waals surface area contributed by atoms with Gasteiger partial charge in [0.1, 0.15) is 23.6 Å². The molecule has 1 saturated heterocycles. The van der Waals surface area contributed by atoms with Crippen molar-refractivity contribution in [1.29, 1.82) is 0 Å². The molecule has 1 aliphatic rings. The Morgan fingerprint density at radius 2 is 1.94 bits per heavy atom. The molecule has 7 nitrogen and oxygen atoms in total. The van der Waals surface area contributed by atoms with Crippen molar-refractivity contribution in [3.63, 3.8) is 0 Å². The molecule has 1 aromatic carbocycles. The summed E-state index contributed by atoms with van der Waals surface area (Å²) >= 11 is 0. The zero-order chi connectivity index (χ0) is 25.7. The first-order valence-electron chi connectivity index (χ1n) is 11.4. The lowest BCUT2D eigenvalue weighted by molar-refractivity contribution is -0.129. The van der Waals surface area contributed by atoms with Gasteiger partial charge >= 0.3 is 0 Å². The number of carbonyl (C=O) groups is 1. The number of carbonyl (C=O) groups excluding carboxylic acids is 1. The monoisotopic (exact) mass is 487 g/mol. The van der Waals surface area contributed by atoms with Crippen molar-refractivity contribution >= 4 is 22.8 Å². The minimum absolute atomic E-state index is 0.0207. The molecule has 0 aliphatic carbocycles. The molecule has 0 bridgehead atoms. The number of amides is 1. The smallest absolute Gasteiger partial charge is 0.266 e. The number of aromatic nitrogens is 3. The van der Waals surface area contributed by atoms with E-state index in [9.17, 15) is 22.8 Å². The van der Waals surface area contributed by atoms with E-state index in [0.29, 0.717) is 35.4 Å². The molecule has 186 valence electrons. The first-order chi connectivity index (χ1) is 16.4. The van der Waals surface area contributed by atoms with Crippen molar-refractivity contribution < 1.29 is 18.0 Å². The van der Waals surface area contributed by atoms with E-state index >= 15 is 0 Å². The van der Waals surface area contributed by atoms with Crippen molar-refractivity contribution in [2.24, 2.45) is 7.05 Å². The summed E-state index contributed by atoms with van der Waals surface area (Å²) in [6.07, 6.45) is -1.02. The van der Waals surface area contributed by atoms with E-state index in [-0.39, 0.29) is 23.1 Å². The first-order valence-corrected chi connectivity index (χ1v) is 11.4. The van der Waals surface area contributed by atoms with Gasteiger partial charge in [-0.15, -0.1) is 0 Å². The van der Waals surface area contributed by atoms with Crippen LogP contribution in [0.3, 0.4) is 0 Å². The molecule has 3 heterocycles. The van der Waals surface area contributed by atoms with Gasteiger partial charge in [-0.1, -0.05) is 25.1 Å². The van der Waals surface area contributed by atoms with Crippen LogP contribution in [0.15, 0.2) is 35.4 Å². The normalized spacial score (nSPS) is 21.1. The number of halogens is 3. The Labute approximate surface area is 201 Å². The van der Waals surface area contributed by atoms with E-state index in [1.54, 1.807) is 24.9 Å². The van der Waals surface area contributed by atoms with E-state index in [2.05, 4.69) is 15.3 Å². The highest BCUT2D eigenvalue weighted by Gasteiger charge is 2.43. The van der Waals surface area contributed by atoms with Gasteiger partial charge in [0, 0.05) is 43.1 Å². The molecule has 1 N–H and O–H groups in total. The summed E-state index contributed by atoms with van der Waals surface area (Å²) in [7, 11) is 1.62. The van der Waals surface area contributed by atoms with Crippen molar-refractivity contribution in [2.45, 2.75) is 58.0 Å². The highest BCUT2D eigenvalue weighted by molar-refractivity contribution is 5.87. The number of likely N-dealkylation sites (tertiary alicyclic amines) is 1. The summed E-state index contributed by atoms with van der Waals surface area (Å²) in [5.41, 5.74) is -0.473. The van der Waals surface area contributed by atoms with E-state index < -0.39 is 29.3 Å². The number of nitrogens with one attached hydrogen (secondary N) is 1. The third-order valence-corrected chi connectivity index (χ3v) is 6.97. The van der Waals surface area contributed by atoms with Crippen molar-refractivity contribution in [2.75, 3.05) is 11.9 Å². The molecule has 4 rings (SSSR count). The minimum Gasteiger partial charge on any atom is -0.363 e. The number of fused-ring (bicyclic) bond motifs is 1. The van der Waals surface area contributed by atoms with E-state index in [4.69, 9.17) is 0 Å². The topological polar surface area (TPSA) is 80.1 Å². The van der Waals surface area contributed by atoms with Gasteiger partial charge in [0.15, 0.2) is 0 Å². The van der Waals surface area contributed by atoms with Crippen LogP contribution < -0.4 is 10.9 Å². The van der Waals surface area contributed by atoms with Gasteiger partial charge in [-0.3, -0.25) is 14.2 Å². The molecule has 1 amide bonds. The third kappa shape index (κ3) is 4.26. The predicted octanol–water partition coefficient (Wildman–Crippen LogP) is 4.48. The SMILES string of the molecule is CC(=O)N1CC(C)(c2cc3c(N[C@H](C)c4cccc(C(F)F)c4F)ncnc3n(C)c2=O)C[C@@H]1C. The minimum atomic E-state index is -2.93. The molecule has 1 aliphatic heterocycles. The summed E-state index contributed by atoms with van der Waals surface area (Å²) < 4.78 is 42.5. The molecule has 10 heteroatoms. The number of aryl methyl sites for hydroxylation is 1. The average molecular weight is 488 g/mol. The van der Waals surface area contributed by atoms with Crippen LogP contribution in [0.25, 0.3) is 11.0 Å². The van der Waals surface area contributed by atoms with Crippen molar-refractivity contribution in [3.05, 3.63) is 63.5 Å². The van der Waals surface area contributed by atoms with E-state index in [0.717, 1.165) is 6.07 Å². The number of pyridine rings is 1. The molecule has 1 fully saturated rings. The Hall–Kier alpha value is -3.43. The molecule has 2 aromatic heterocycles. The van der Waals surface area contributed by atoms with Gasteiger partial charge in [-0.2, -0.15) is 0 Å². The Morgan fingerprint density at radius 1 is 1.26 bits per heavy atom. The van der Waals surface area contributed by atoms with Crippen LogP contribution in [-0.4, -0.2) is 37.9 Å². The molecule has 3 aromatic rings. The van der Waals surface area contributed by atoms with Gasteiger partial charge in [0.25, 0.3) is 12.0 Å². The fourth-order valence-electron chi connectivity index (χ4n) is 5.15. The number of alkyl halides is 2. The molecule has 3 atom stereocenters. The van der Waals surface area contributed by atoms with Crippen molar-refractivity contribution in [1.82, 2.24) is 19.4 Å². The molecule has 0 spiro atoms. The van der Waals surface area contributed by atoms with Crippen LogP contribution in [0.4, 0.5) is 19.0 Å². The predicted molar refractivity (Wildman–Crippen MR) is 127 cm³/mol. The summed E-state index contributed by atoms with van der Waals surface area (Å²) in [6, 6.07) is 4.91. The summed E-state index contributed by atoms with van der Waals surface area (Å²) in [5, 5.41) is 3.64. The van der Waals surface area contributed by atoms with Crippen LogP contribution in [-0.2, 0) is 17.3 Å². The quantitative estimate of drug-likeness (QED) is 0.574.